The van der Waals surface area contributed by atoms with Crippen LogP contribution in [0, 0.1) is 0 Å². The number of imidazole rings is 2. The highest BCUT2D eigenvalue weighted by Crippen LogP contribution is 2.23. The van der Waals surface area contributed by atoms with Crippen LogP contribution in [-0.2, 0) is 16.4 Å². The van der Waals surface area contributed by atoms with Gasteiger partial charge in [-0.25, -0.2) is 23.4 Å². The number of hydrogen-bond acceptors (Lipinski definition) is 6. The average Bonchev–Trinajstić information content (AvgIpc) is 3.29. The predicted molar refractivity (Wildman–Crippen MR) is 98.9 cm³/mol. The fourth-order valence-corrected chi connectivity index (χ4v) is 3.52. The maximum Gasteiger partial charge on any atom is 0.180 e. The topological polar surface area (TPSA) is 94.2 Å². The van der Waals surface area contributed by atoms with Gasteiger partial charge in [-0.05, 0) is 24.6 Å². The third kappa shape index (κ3) is 3.13. The lowest BCUT2D eigenvalue weighted by atomic mass is 10.3. The molecule has 134 valence electrons. The maximum atomic E-state index is 11.8. The number of rotatable bonds is 6. The maximum absolute atomic E-state index is 11.8. The smallest absolute Gasteiger partial charge is 0.180 e. The molecule has 9 heteroatoms. The summed E-state index contributed by atoms with van der Waals surface area (Å²) in [6.45, 7) is 1.56. The molecule has 26 heavy (non-hydrogen) atoms. The molecule has 0 unspecified atom stereocenters. The Morgan fingerprint density at radius 1 is 1.19 bits per heavy atom. The Balaban J connectivity index is 1.65. The lowest BCUT2D eigenvalue weighted by Gasteiger charge is -2.10. The Morgan fingerprint density at radius 3 is 2.85 bits per heavy atom. The minimum Gasteiger partial charge on any atom is -0.367 e. The first-order valence-electron chi connectivity index (χ1n) is 8.19. The number of anilines is 1. The molecule has 0 aliphatic rings. The van der Waals surface area contributed by atoms with Crippen molar-refractivity contribution in [1.29, 1.82) is 0 Å². The predicted octanol–water partition coefficient (Wildman–Crippen LogP) is 1.98. The van der Waals surface area contributed by atoms with Crippen molar-refractivity contribution in [3.05, 3.63) is 49.3 Å². The normalized spacial score (nSPS) is 12.0. The molecule has 0 saturated carbocycles. The second-order valence-electron chi connectivity index (χ2n) is 6.08. The molecule has 0 fully saturated rings. The molecule has 0 saturated heterocycles. The minimum absolute atomic E-state index is 0.253. The number of fused-ring (bicyclic) bond motifs is 3. The molecule has 1 aromatic carbocycles. The Hall–Kier alpha value is -2.94. The zero-order chi connectivity index (χ0) is 18.1. The largest absolute Gasteiger partial charge is 0.367 e. The fraction of sp³-hybridized carbons (Fsp3) is 0.235. The Bertz CT molecular complexity index is 1160. The number of hydrogen-bond donors (Lipinski definition) is 1. The van der Waals surface area contributed by atoms with E-state index in [2.05, 4.69) is 20.3 Å². The van der Waals surface area contributed by atoms with Crippen LogP contribution in [0.15, 0.2) is 54.2 Å². The molecule has 0 atom stereocenters. The molecule has 3 heterocycles. The summed E-state index contributed by atoms with van der Waals surface area (Å²) >= 11 is 0. The van der Waals surface area contributed by atoms with Crippen molar-refractivity contribution in [3.8, 4) is 0 Å². The molecule has 8 nitrogen and oxygen atoms in total. The van der Waals surface area contributed by atoms with E-state index in [9.17, 15) is 8.42 Å². The molecule has 4 aromatic rings. The van der Waals surface area contributed by atoms with Crippen molar-refractivity contribution < 1.29 is 8.42 Å². The number of nitrogens with zero attached hydrogens (tertiary/aromatic N) is 5. The summed E-state index contributed by atoms with van der Waals surface area (Å²) in [5.41, 5.74) is 2.14. The summed E-state index contributed by atoms with van der Waals surface area (Å²) in [5, 5.41) is 3.31. The summed E-state index contributed by atoms with van der Waals surface area (Å²) in [6.07, 6.45) is 11.1. The van der Waals surface area contributed by atoms with E-state index in [0.717, 1.165) is 18.5 Å². The van der Waals surface area contributed by atoms with E-state index >= 15 is 0 Å². The van der Waals surface area contributed by atoms with Crippen molar-refractivity contribution in [2.75, 3.05) is 18.1 Å². The number of nitrogens with one attached hydrogen (secondary N) is 1. The molecule has 0 bridgehead atoms. The first-order valence-corrected chi connectivity index (χ1v) is 10.1. The molecular weight excluding hydrogens is 352 g/mol. The summed E-state index contributed by atoms with van der Waals surface area (Å²) in [4.78, 5) is 13.3. The number of aryl methyl sites for hydroxylation is 1. The van der Waals surface area contributed by atoms with Crippen molar-refractivity contribution in [1.82, 2.24) is 23.9 Å². The van der Waals surface area contributed by atoms with Gasteiger partial charge in [-0.2, -0.15) is 0 Å². The molecule has 1 N–H and O–H groups in total. The first-order chi connectivity index (χ1) is 12.5. The van der Waals surface area contributed by atoms with Gasteiger partial charge in [0, 0.05) is 44.1 Å². The Kier molecular flexibility index (Phi) is 4.08. The van der Waals surface area contributed by atoms with Crippen LogP contribution in [0.1, 0.15) is 6.42 Å². The fourth-order valence-electron chi connectivity index (χ4n) is 2.88. The van der Waals surface area contributed by atoms with Gasteiger partial charge in [-0.3, -0.25) is 4.40 Å². The number of sulfone groups is 1. The quantitative estimate of drug-likeness (QED) is 0.522. The van der Waals surface area contributed by atoms with Gasteiger partial charge in [-0.15, -0.1) is 0 Å². The van der Waals surface area contributed by atoms with Crippen LogP contribution >= 0.6 is 0 Å². The van der Waals surface area contributed by atoms with Gasteiger partial charge in [0.15, 0.2) is 21.3 Å². The standard InChI is InChI=1S/C17H18N6O2S/c1-26(24,25)13-3-4-15-14(11-13)21-16(17-20-7-10-23(15)17)19-5-2-8-22-9-6-18-12-22/h3-4,6-7,9-12H,2,5,8H2,1H3,(H,19,21). The Morgan fingerprint density at radius 2 is 2.08 bits per heavy atom. The van der Waals surface area contributed by atoms with E-state index in [1.165, 1.54) is 6.26 Å². The number of benzene rings is 1. The van der Waals surface area contributed by atoms with Gasteiger partial charge < -0.3 is 9.88 Å². The van der Waals surface area contributed by atoms with E-state index < -0.39 is 9.84 Å². The van der Waals surface area contributed by atoms with Crippen molar-refractivity contribution in [3.63, 3.8) is 0 Å². The van der Waals surface area contributed by atoms with E-state index in [4.69, 9.17) is 0 Å². The average molecular weight is 370 g/mol. The van der Waals surface area contributed by atoms with Crippen molar-refractivity contribution in [2.45, 2.75) is 17.9 Å². The second kappa shape index (κ2) is 6.41. The van der Waals surface area contributed by atoms with Crippen LogP contribution in [-0.4, -0.2) is 45.1 Å². The van der Waals surface area contributed by atoms with Crippen LogP contribution in [0.25, 0.3) is 16.7 Å². The van der Waals surface area contributed by atoms with Gasteiger partial charge in [0.25, 0.3) is 0 Å². The summed E-state index contributed by atoms with van der Waals surface area (Å²) < 4.78 is 27.6. The molecule has 3 aromatic heterocycles. The molecule has 0 spiro atoms. The molecule has 0 aliphatic heterocycles. The zero-order valence-electron chi connectivity index (χ0n) is 14.2. The second-order valence-corrected chi connectivity index (χ2v) is 8.10. The highest BCUT2D eigenvalue weighted by molar-refractivity contribution is 7.90. The SMILES string of the molecule is CS(=O)(=O)c1ccc2c(c1)nc(NCCCn1ccnc1)c1nccn12. The first kappa shape index (κ1) is 16.5. The zero-order valence-corrected chi connectivity index (χ0v) is 15.0. The van der Waals surface area contributed by atoms with Crippen LogP contribution in [0.4, 0.5) is 5.82 Å². The van der Waals surface area contributed by atoms with E-state index in [1.807, 2.05) is 21.4 Å². The minimum atomic E-state index is -3.29. The molecule has 0 aliphatic carbocycles. The van der Waals surface area contributed by atoms with Gasteiger partial charge in [-0.1, -0.05) is 0 Å². The van der Waals surface area contributed by atoms with E-state index in [1.54, 1.807) is 36.9 Å². The van der Waals surface area contributed by atoms with Gasteiger partial charge >= 0.3 is 0 Å². The monoisotopic (exact) mass is 370 g/mol. The Labute approximate surface area is 150 Å². The van der Waals surface area contributed by atoms with E-state index in [0.29, 0.717) is 23.5 Å². The van der Waals surface area contributed by atoms with Crippen LogP contribution < -0.4 is 5.32 Å². The molecule has 0 amide bonds. The summed E-state index contributed by atoms with van der Waals surface area (Å²) in [7, 11) is -3.29. The lowest BCUT2D eigenvalue weighted by Crippen LogP contribution is -2.09. The number of aromatic nitrogens is 5. The molecule has 4 rings (SSSR count). The summed E-state index contributed by atoms with van der Waals surface area (Å²) in [6, 6.07) is 4.95. The summed E-state index contributed by atoms with van der Waals surface area (Å²) in [5.74, 6) is 0.638. The third-order valence-electron chi connectivity index (χ3n) is 4.16. The van der Waals surface area contributed by atoms with Gasteiger partial charge in [0.1, 0.15) is 0 Å². The highest BCUT2D eigenvalue weighted by Gasteiger charge is 2.13. The van der Waals surface area contributed by atoms with Gasteiger partial charge in [0.2, 0.25) is 0 Å². The molecule has 0 radical (unpaired) electrons. The van der Waals surface area contributed by atoms with Gasteiger partial charge in [0.05, 0.1) is 22.3 Å². The van der Waals surface area contributed by atoms with Crippen LogP contribution in [0.5, 0.6) is 0 Å². The van der Waals surface area contributed by atoms with Crippen molar-refractivity contribution in [2.24, 2.45) is 0 Å². The lowest BCUT2D eigenvalue weighted by molar-refractivity contribution is 0.602. The molecular formula is C17H18N6O2S. The highest BCUT2D eigenvalue weighted by atomic mass is 32.2. The third-order valence-corrected chi connectivity index (χ3v) is 5.27. The van der Waals surface area contributed by atoms with Crippen LogP contribution in [0.2, 0.25) is 0 Å². The van der Waals surface area contributed by atoms with E-state index in [-0.39, 0.29) is 4.90 Å². The van der Waals surface area contributed by atoms with Crippen LogP contribution in [0.3, 0.4) is 0 Å². The van der Waals surface area contributed by atoms with Crippen molar-refractivity contribution >= 4 is 32.3 Å².